The number of morpholine rings is 1. The van der Waals surface area contributed by atoms with Gasteiger partial charge in [-0.25, -0.2) is 4.98 Å². The van der Waals surface area contributed by atoms with Crippen LogP contribution in [-0.2, 0) is 4.74 Å². The molecule has 0 atom stereocenters. The normalized spacial score (nSPS) is 17.7. The van der Waals surface area contributed by atoms with E-state index in [1.54, 1.807) is 6.92 Å². The molecule has 0 radical (unpaired) electrons. The van der Waals surface area contributed by atoms with Crippen molar-refractivity contribution in [2.24, 2.45) is 0 Å². The summed E-state index contributed by atoms with van der Waals surface area (Å²) in [6.07, 6.45) is 0. The van der Waals surface area contributed by atoms with Gasteiger partial charge in [0.15, 0.2) is 0 Å². The predicted octanol–water partition coefficient (Wildman–Crippen LogP) is 1.86. The summed E-state index contributed by atoms with van der Waals surface area (Å²) >= 11 is 0. The van der Waals surface area contributed by atoms with Crippen molar-refractivity contribution in [2.75, 3.05) is 67.2 Å². The van der Waals surface area contributed by atoms with Crippen molar-refractivity contribution in [1.82, 2.24) is 9.97 Å². The molecule has 1 aromatic carbocycles. The molecule has 1 aromatic heterocycles. The largest absolute Gasteiger partial charge is 0.378 e. The van der Waals surface area contributed by atoms with E-state index in [1.807, 2.05) is 23.1 Å². The third-order valence-corrected chi connectivity index (χ3v) is 5.21. The second-order valence-electron chi connectivity index (χ2n) is 6.95. The summed E-state index contributed by atoms with van der Waals surface area (Å²) in [6.45, 7) is 7.23. The summed E-state index contributed by atoms with van der Waals surface area (Å²) in [5.41, 5.74) is 1.60. The standard InChI is InChI=1S/C19H24N6O3/c1-15-17(25(26)27)18(23-11-13-28-14-12-23)21-19(20-15)24-9-7-22(8-10-24)16-5-3-2-4-6-16/h2-6H,7-14H2,1H3. The van der Waals surface area contributed by atoms with Crippen LogP contribution in [0.3, 0.4) is 0 Å². The molecule has 148 valence electrons. The van der Waals surface area contributed by atoms with Crippen molar-refractivity contribution < 1.29 is 9.66 Å². The molecule has 0 saturated carbocycles. The number of aryl methyl sites for hydroxylation is 1. The Hall–Kier alpha value is -2.94. The molecule has 0 aliphatic carbocycles. The quantitative estimate of drug-likeness (QED) is 0.583. The van der Waals surface area contributed by atoms with Gasteiger partial charge in [-0.05, 0) is 19.1 Å². The molecule has 28 heavy (non-hydrogen) atoms. The zero-order valence-corrected chi connectivity index (χ0v) is 16.0. The van der Waals surface area contributed by atoms with Gasteiger partial charge < -0.3 is 19.4 Å². The number of aromatic nitrogens is 2. The number of piperazine rings is 1. The number of hydrogen-bond acceptors (Lipinski definition) is 8. The van der Waals surface area contributed by atoms with Gasteiger partial charge in [0.25, 0.3) is 0 Å². The maximum Gasteiger partial charge on any atom is 0.332 e. The van der Waals surface area contributed by atoms with Crippen LogP contribution < -0.4 is 14.7 Å². The molecule has 2 fully saturated rings. The average molecular weight is 384 g/mol. The van der Waals surface area contributed by atoms with E-state index >= 15 is 0 Å². The van der Waals surface area contributed by atoms with Gasteiger partial charge >= 0.3 is 5.69 Å². The van der Waals surface area contributed by atoms with Gasteiger partial charge in [-0.15, -0.1) is 0 Å². The lowest BCUT2D eigenvalue weighted by Gasteiger charge is -2.36. The van der Waals surface area contributed by atoms with E-state index in [0.717, 1.165) is 26.2 Å². The van der Waals surface area contributed by atoms with E-state index in [-0.39, 0.29) is 10.6 Å². The number of ether oxygens (including phenoxy) is 1. The summed E-state index contributed by atoms with van der Waals surface area (Å²) in [5, 5.41) is 11.6. The number of nitrogens with zero attached hydrogens (tertiary/aromatic N) is 6. The highest BCUT2D eigenvalue weighted by atomic mass is 16.6. The van der Waals surface area contributed by atoms with Gasteiger partial charge in [0.2, 0.25) is 11.8 Å². The highest BCUT2D eigenvalue weighted by Crippen LogP contribution is 2.31. The maximum atomic E-state index is 11.6. The van der Waals surface area contributed by atoms with Crippen LogP contribution in [0.25, 0.3) is 0 Å². The number of anilines is 3. The molecule has 2 aliphatic heterocycles. The molecular weight excluding hydrogens is 360 g/mol. The van der Waals surface area contributed by atoms with Crippen molar-refractivity contribution in [1.29, 1.82) is 0 Å². The Kier molecular flexibility index (Phi) is 5.25. The Morgan fingerprint density at radius 1 is 0.929 bits per heavy atom. The molecule has 2 aromatic rings. The number of hydrogen-bond donors (Lipinski definition) is 0. The Bertz CT molecular complexity index is 833. The molecule has 9 nitrogen and oxygen atoms in total. The summed E-state index contributed by atoms with van der Waals surface area (Å²) < 4.78 is 5.38. The molecule has 0 unspecified atom stereocenters. The zero-order valence-electron chi connectivity index (χ0n) is 16.0. The van der Waals surface area contributed by atoms with Crippen LogP contribution in [-0.4, -0.2) is 67.4 Å². The molecule has 0 amide bonds. The summed E-state index contributed by atoms with van der Waals surface area (Å²) in [5.74, 6) is 0.971. The minimum absolute atomic E-state index is 0.00595. The lowest BCUT2D eigenvalue weighted by Crippen LogP contribution is -2.47. The smallest absolute Gasteiger partial charge is 0.332 e. The van der Waals surface area contributed by atoms with E-state index in [2.05, 4.69) is 31.9 Å². The molecule has 0 spiro atoms. The fraction of sp³-hybridized carbons (Fsp3) is 0.474. The van der Waals surface area contributed by atoms with Crippen LogP contribution in [0, 0.1) is 17.0 Å². The molecule has 9 heteroatoms. The lowest BCUT2D eigenvalue weighted by molar-refractivity contribution is -0.385. The molecule has 3 heterocycles. The summed E-state index contributed by atoms with van der Waals surface area (Å²) in [4.78, 5) is 26.7. The highest BCUT2D eigenvalue weighted by Gasteiger charge is 2.29. The number of benzene rings is 1. The summed E-state index contributed by atoms with van der Waals surface area (Å²) in [6, 6.07) is 10.3. The molecule has 0 bridgehead atoms. The molecule has 4 rings (SSSR count). The molecule has 0 N–H and O–H groups in total. The Labute approximate surface area is 163 Å². The Morgan fingerprint density at radius 3 is 2.21 bits per heavy atom. The molecule has 2 aliphatic rings. The van der Waals surface area contributed by atoms with Crippen LogP contribution in [0.5, 0.6) is 0 Å². The predicted molar refractivity (Wildman–Crippen MR) is 107 cm³/mol. The van der Waals surface area contributed by atoms with E-state index in [9.17, 15) is 10.1 Å². The van der Waals surface area contributed by atoms with Gasteiger partial charge in [0.05, 0.1) is 18.1 Å². The van der Waals surface area contributed by atoms with Crippen molar-refractivity contribution in [3.05, 3.63) is 46.1 Å². The van der Waals surface area contributed by atoms with Gasteiger partial charge in [0, 0.05) is 45.0 Å². The summed E-state index contributed by atoms with van der Waals surface area (Å²) in [7, 11) is 0. The highest BCUT2D eigenvalue weighted by molar-refractivity contribution is 5.63. The molecular formula is C19H24N6O3. The van der Waals surface area contributed by atoms with E-state index in [4.69, 9.17) is 4.74 Å². The SMILES string of the molecule is Cc1nc(N2CCN(c3ccccc3)CC2)nc(N2CCOCC2)c1[N+](=O)[O-]. The minimum Gasteiger partial charge on any atom is -0.378 e. The van der Waals surface area contributed by atoms with Crippen molar-refractivity contribution in [3.8, 4) is 0 Å². The topological polar surface area (TPSA) is 87.9 Å². The van der Waals surface area contributed by atoms with Crippen LogP contribution >= 0.6 is 0 Å². The number of nitro groups is 1. The van der Waals surface area contributed by atoms with Gasteiger partial charge in [-0.3, -0.25) is 10.1 Å². The number of para-hydroxylation sites is 1. The van der Waals surface area contributed by atoms with Crippen LogP contribution in [0.15, 0.2) is 30.3 Å². The third kappa shape index (κ3) is 3.70. The molecule has 2 saturated heterocycles. The first-order chi connectivity index (χ1) is 13.6. The van der Waals surface area contributed by atoms with Gasteiger partial charge in [0.1, 0.15) is 5.69 Å². The fourth-order valence-corrected chi connectivity index (χ4v) is 3.69. The van der Waals surface area contributed by atoms with E-state index < -0.39 is 0 Å². The Morgan fingerprint density at radius 2 is 1.57 bits per heavy atom. The van der Waals surface area contributed by atoms with Crippen molar-refractivity contribution in [2.45, 2.75) is 6.92 Å². The van der Waals surface area contributed by atoms with E-state index in [1.165, 1.54) is 5.69 Å². The number of rotatable bonds is 4. The van der Waals surface area contributed by atoms with Crippen LogP contribution in [0.2, 0.25) is 0 Å². The first-order valence-corrected chi connectivity index (χ1v) is 9.54. The third-order valence-electron chi connectivity index (χ3n) is 5.21. The van der Waals surface area contributed by atoms with Crippen LogP contribution in [0.1, 0.15) is 5.69 Å². The first kappa shape index (κ1) is 18.4. The average Bonchev–Trinajstić information content (AvgIpc) is 2.74. The minimum atomic E-state index is -0.378. The fourth-order valence-electron chi connectivity index (χ4n) is 3.69. The lowest BCUT2D eigenvalue weighted by atomic mass is 10.2. The van der Waals surface area contributed by atoms with Crippen molar-refractivity contribution >= 4 is 23.1 Å². The van der Waals surface area contributed by atoms with Crippen LogP contribution in [0.4, 0.5) is 23.1 Å². The van der Waals surface area contributed by atoms with Crippen molar-refractivity contribution in [3.63, 3.8) is 0 Å². The van der Waals surface area contributed by atoms with Gasteiger partial charge in [-0.1, -0.05) is 18.2 Å². The maximum absolute atomic E-state index is 11.6. The van der Waals surface area contributed by atoms with Gasteiger partial charge in [-0.2, -0.15) is 4.98 Å². The second-order valence-corrected chi connectivity index (χ2v) is 6.95. The van der Waals surface area contributed by atoms with E-state index in [0.29, 0.717) is 43.8 Å². The first-order valence-electron chi connectivity index (χ1n) is 9.54. The monoisotopic (exact) mass is 384 g/mol. The zero-order chi connectivity index (χ0) is 19.5. The Balaban J connectivity index is 1.56. The second kappa shape index (κ2) is 7.97.